The first-order valence-corrected chi connectivity index (χ1v) is 4.59. The Morgan fingerprint density at radius 1 is 1.21 bits per heavy atom. The quantitative estimate of drug-likeness (QED) is 0.530. The Hall–Kier alpha value is -1.32. The van der Waals surface area contributed by atoms with Crippen molar-refractivity contribution in [3.05, 3.63) is 12.2 Å². The van der Waals surface area contributed by atoms with Gasteiger partial charge in [-0.3, -0.25) is 4.79 Å². The Labute approximate surface area is 84.3 Å². The molecule has 4 heteroatoms. The number of hydrogen-bond donors (Lipinski definition) is 2. The number of carbonyl (C=O) groups is 2. The number of rotatable bonds is 5. The smallest absolute Gasteiger partial charge is 0.327 e. The van der Waals surface area contributed by atoms with Gasteiger partial charge in [-0.2, -0.15) is 0 Å². The second kappa shape index (κ2) is 11.7. The summed E-state index contributed by atoms with van der Waals surface area (Å²) < 4.78 is 0. The lowest BCUT2D eigenvalue weighted by Crippen LogP contribution is -1.85. The van der Waals surface area contributed by atoms with Gasteiger partial charge >= 0.3 is 5.97 Å². The zero-order valence-electron chi connectivity index (χ0n) is 8.69. The zero-order valence-corrected chi connectivity index (χ0v) is 8.69. The Morgan fingerprint density at radius 2 is 1.71 bits per heavy atom. The molecule has 0 saturated heterocycles. The van der Waals surface area contributed by atoms with Crippen LogP contribution in [0.15, 0.2) is 12.2 Å². The average molecular weight is 202 g/mol. The van der Waals surface area contributed by atoms with Crippen LogP contribution in [0.25, 0.3) is 0 Å². The molecule has 0 unspecified atom stereocenters. The number of carboxylic acids is 2. The SMILES string of the molecule is CC(=O)O.CCCCCC=CC(=O)O. The van der Waals surface area contributed by atoms with Crippen molar-refractivity contribution in [1.82, 2.24) is 0 Å². The third kappa shape index (κ3) is 31.0. The van der Waals surface area contributed by atoms with Crippen LogP contribution in [0, 0.1) is 0 Å². The highest BCUT2D eigenvalue weighted by molar-refractivity contribution is 5.79. The van der Waals surface area contributed by atoms with Crippen LogP contribution < -0.4 is 0 Å². The fraction of sp³-hybridized carbons (Fsp3) is 0.600. The second-order valence-electron chi connectivity index (χ2n) is 2.76. The van der Waals surface area contributed by atoms with Crippen LogP contribution in [0.1, 0.15) is 39.5 Å². The molecular weight excluding hydrogens is 184 g/mol. The molecule has 0 rings (SSSR count). The zero-order chi connectivity index (χ0) is 11.4. The summed E-state index contributed by atoms with van der Waals surface area (Å²) in [4.78, 5) is 18.9. The average Bonchev–Trinajstić information content (AvgIpc) is 2.02. The predicted molar refractivity (Wildman–Crippen MR) is 54.2 cm³/mol. The van der Waals surface area contributed by atoms with E-state index in [0.717, 1.165) is 19.8 Å². The largest absolute Gasteiger partial charge is 0.481 e. The lowest BCUT2D eigenvalue weighted by molar-refractivity contribution is -0.134. The molecular formula is C10H18O4. The fourth-order valence-electron chi connectivity index (χ4n) is 0.696. The van der Waals surface area contributed by atoms with Gasteiger partial charge in [-0.1, -0.05) is 25.8 Å². The maximum absolute atomic E-state index is 9.95. The van der Waals surface area contributed by atoms with Crippen molar-refractivity contribution in [3.8, 4) is 0 Å². The molecule has 2 N–H and O–H groups in total. The lowest BCUT2D eigenvalue weighted by atomic mass is 10.2. The second-order valence-corrected chi connectivity index (χ2v) is 2.76. The topological polar surface area (TPSA) is 74.6 Å². The van der Waals surface area contributed by atoms with Gasteiger partial charge in [0.15, 0.2) is 0 Å². The van der Waals surface area contributed by atoms with Gasteiger partial charge < -0.3 is 10.2 Å². The number of aliphatic carboxylic acids is 2. The van der Waals surface area contributed by atoms with Crippen LogP contribution >= 0.6 is 0 Å². The van der Waals surface area contributed by atoms with E-state index in [1.807, 2.05) is 0 Å². The van der Waals surface area contributed by atoms with Crippen LogP contribution in [0.2, 0.25) is 0 Å². The van der Waals surface area contributed by atoms with Crippen LogP contribution in [-0.2, 0) is 9.59 Å². The van der Waals surface area contributed by atoms with E-state index in [2.05, 4.69) is 6.92 Å². The van der Waals surface area contributed by atoms with E-state index in [0.29, 0.717) is 0 Å². The molecule has 0 aromatic carbocycles. The standard InChI is InChI=1S/C8H14O2.C2H4O2/c1-2-3-4-5-6-7-8(9)10;1-2(3)4/h6-7H,2-5H2,1H3,(H,9,10);1H3,(H,3,4). The fourth-order valence-corrected chi connectivity index (χ4v) is 0.696. The van der Waals surface area contributed by atoms with E-state index < -0.39 is 11.9 Å². The maximum atomic E-state index is 9.95. The summed E-state index contributed by atoms with van der Waals surface area (Å²) in [6.07, 6.45) is 7.26. The summed E-state index contributed by atoms with van der Waals surface area (Å²) in [6, 6.07) is 0. The summed E-state index contributed by atoms with van der Waals surface area (Å²) in [5.74, 6) is -1.68. The third-order valence-electron chi connectivity index (χ3n) is 1.23. The van der Waals surface area contributed by atoms with Gasteiger partial charge in [-0.15, -0.1) is 0 Å². The number of carboxylic acid groups (broad SMARTS) is 2. The monoisotopic (exact) mass is 202 g/mol. The number of unbranched alkanes of at least 4 members (excludes halogenated alkanes) is 3. The van der Waals surface area contributed by atoms with Crippen LogP contribution in [0.4, 0.5) is 0 Å². The van der Waals surface area contributed by atoms with Crippen molar-refractivity contribution in [2.24, 2.45) is 0 Å². The van der Waals surface area contributed by atoms with E-state index in [-0.39, 0.29) is 0 Å². The summed E-state index contributed by atoms with van der Waals surface area (Å²) in [6.45, 7) is 3.21. The molecule has 0 heterocycles. The van der Waals surface area contributed by atoms with Crippen molar-refractivity contribution in [2.45, 2.75) is 39.5 Å². The van der Waals surface area contributed by atoms with Gasteiger partial charge in [-0.05, 0) is 12.8 Å². The predicted octanol–water partition coefficient (Wildman–Crippen LogP) is 2.30. The molecule has 0 atom stereocenters. The molecule has 0 aliphatic carbocycles. The van der Waals surface area contributed by atoms with E-state index in [1.54, 1.807) is 6.08 Å². The van der Waals surface area contributed by atoms with Gasteiger partial charge in [-0.25, -0.2) is 4.79 Å². The summed E-state index contributed by atoms with van der Waals surface area (Å²) >= 11 is 0. The lowest BCUT2D eigenvalue weighted by Gasteiger charge is -1.89. The first kappa shape index (κ1) is 15.2. The van der Waals surface area contributed by atoms with Crippen molar-refractivity contribution < 1.29 is 19.8 Å². The summed E-state index contributed by atoms with van der Waals surface area (Å²) in [7, 11) is 0. The molecule has 0 fully saturated rings. The highest BCUT2D eigenvalue weighted by Gasteiger charge is 1.84. The van der Waals surface area contributed by atoms with E-state index >= 15 is 0 Å². The van der Waals surface area contributed by atoms with Gasteiger partial charge in [0.25, 0.3) is 5.97 Å². The van der Waals surface area contributed by atoms with Crippen molar-refractivity contribution in [1.29, 1.82) is 0 Å². The Morgan fingerprint density at radius 3 is 2.07 bits per heavy atom. The molecule has 4 nitrogen and oxygen atoms in total. The minimum atomic E-state index is -0.850. The molecule has 0 radical (unpaired) electrons. The first-order chi connectivity index (χ1) is 6.50. The van der Waals surface area contributed by atoms with Gasteiger partial charge in [0.1, 0.15) is 0 Å². The molecule has 0 aromatic rings. The minimum absolute atomic E-state index is 0.833. The van der Waals surface area contributed by atoms with Gasteiger partial charge in [0, 0.05) is 13.0 Å². The van der Waals surface area contributed by atoms with Gasteiger partial charge in [0.05, 0.1) is 0 Å². The molecule has 0 aromatic heterocycles. The Bertz CT molecular complexity index is 181. The third-order valence-corrected chi connectivity index (χ3v) is 1.23. The molecule has 14 heavy (non-hydrogen) atoms. The molecule has 0 aliphatic heterocycles. The molecule has 0 saturated carbocycles. The first-order valence-electron chi connectivity index (χ1n) is 4.59. The van der Waals surface area contributed by atoms with Crippen LogP contribution in [0.3, 0.4) is 0 Å². The Kier molecular flexibility index (Phi) is 12.7. The van der Waals surface area contributed by atoms with Crippen LogP contribution in [-0.4, -0.2) is 22.2 Å². The maximum Gasteiger partial charge on any atom is 0.327 e. The molecule has 0 bridgehead atoms. The molecule has 0 amide bonds. The van der Waals surface area contributed by atoms with Crippen molar-refractivity contribution in [2.75, 3.05) is 0 Å². The van der Waals surface area contributed by atoms with Gasteiger partial charge in [0.2, 0.25) is 0 Å². The van der Waals surface area contributed by atoms with Crippen molar-refractivity contribution >= 4 is 11.9 Å². The normalized spacial score (nSPS) is 9.29. The highest BCUT2D eigenvalue weighted by atomic mass is 16.4. The number of hydrogen-bond acceptors (Lipinski definition) is 2. The number of allylic oxidation sites excluding steroid dienone is 1. The Balaban J connectivity index is 0. The summed E-state index contributed by atoms with van der Waals surface area (Å²) in [5, 5.41) is 15.6. The highest BCUT2D eigenvalue weighted by Crippen LogP contribution is 1.98. The minimum Gasteiger partial charge on any atom is -0.481 e. The van der Waals surface area contributed by atoms with Crippen molar-refractivity contribution in [3.63, 3.8) is 0 Å². The van der Waals surface area contributed by atoms with Crippen LogP contribution in [0.5, 0.6) is 0 Å². The van der Waals surface area contributed by atoms with E-state index in [1.165, 1.54) is 18.9 Å². The molecule has 82 valence electrons. The summed E-state index contributed by atoms with van der Waals surface area (Å²) in [5.41, 5.74) is 0. The van der Waals surface area contributed by atoms with E-state index in [4.69, 9.17) is 15.0 Å². The molecule has 0 aliphatic rings. The van der Waals surface area contributed by atoms with E-state index in [9.17, 15) is 4.79 Å². The molecule has 0 spiro atoms.